The number of hydrogen-bond acceptors (Lipinski definition) is 2. The zero-order valence-corrected chi connectivity index (χ0v) is 11.1. The van der Waals surface area contributed by atoms with Crippen LogP contribution in [0.5, 0.6) is 0 Å². The maximum atomic E-state index is 3.87. The number of nitrogens with one attached hydrogen (secondary N) is 1. The van der Waals surface area contributed by atoms with Gasteiger partial charge in [0.1, 0.15) is 0 Å². The van der Waals surface area contributed by atoms with Crippen LogP contribution < -0.4 is 5.32 Å². The van der Waals surface area contributed by atoms with Crippen molar-refractivity contribution in [3.8, 4) is 0 Å². The molecule has 1 nitrogen and oxygen atoms in total. The van der Waals surface area contributed by atoms with Gasteiger partial charge in [0, 0.05) is 11.4 Å². The lowest BCUT2D eigenvalue weighted by Crippen LogP contribution is -2.53. The van der Waals surface area contributed by atoms with Crippen LogP contribution in [0.1, 0.15) is 43.6 Å². The second-order valence-corrected chi connectivity index (χ2v) is 6.63. The van der Waals surface area contributed by atoms with E-state index in [0.29, 0.717) is 5.54 Å². The predicted octanol–water partition coefficient (Wildman–Crippen LogP) is 3.55. The van der Waals surface area contributed by atoms with Gasteiger partial charge in [-0.25, -0.2) is 0 Å². The summed E-state index contributed by atoms with van der Waals surface area (Å²) < 4.78 is 0. The fourth-order valence-corrected chi connectivity index (χ4v) is 4.88. The molecule has 0 aromatic carbocycles. The third-order valence-corrected chi connectivity index (χ3v) is 5.73. The number of hydrogen-bond donors (Lipinski definition) is 1. The Morgan fingerprint density at radius 3 is 3.12 bits per heavy atom. The fourth-order valence-electron chi connectivity index (χ4n) is 3.62. The highest BCUT2D eigenvalue weighted by Crippen LogP contribution is 2.48. The molecule has 88 valence electrons. The SMILES string of the molecule is CC1CCC(C)C2(C1)NCCc1ccsc12. The molecule has 1 N–H and O–H groups in total. The second-order valence-electron chi connectivity index (χ2n) is 5.71. The minimum absolute atomic E-state index is 0.319. The first-order valence-corrected chi connectivity index (χ1v) is 7.42. The molecule has 1 aromatic rings. The first kappa shape index (κ1) is 10.8. The smallest absolute Gasteiger partial charge is 0.0560 e. The Labute approximate surface area is 102 Å². The largest absolute Gasteiger partial charge is 0.306 e. The van der Waals surface area contributed by atoms with Crippen LogP contribution in [0.25, 0.3) is 0 Å². The Morgan fingerprint density at radius 2 is 2.25 bits per heavy atom. The quantitative estimate of drug-likeness (QED) is 0.725. The molecule has 2 heterocycles. The summed E-state index contributed by atoms with van der Waals surface area (Å²) in [6, 6.07) is 2.34. The Hall–Kier alpha value is -0.340. The van der Waals surface area contributed by atoms with Gasteiger partial charge in [0.15, 0.2) is 0 Å². The van der Waals surface area contributed by atoms with Crippen LogP contribution in [0.4, 0.5) is 0 Å². The van der Waals surface area contributed by atoms with Gasteiger partial charge in [-0.2, -0.15) is 0 Å². The molecule has 1 aromatic heterocycles. The van der Waals surface area contributed by atoms with Crippen molar-refractivity contribution in [1.29, 1.82) is 0 Å². The normalized spacial score (nSPS) is 38.6. The van der Waals surface area contributed by atoms with E-state index in [1.807, 2.05) is 11.3 Å². The molecule has 3 rings (SSSR count). The van der Waals surface area contributed by atoms with Crippen molar-refractivity contribution in [3.63, 3.8) is 0 Å². The summed E-state index contributed by atoms with van der Waals surface area (Å²) in [5.41, 5.74) is 1.93. The topological polar surface area (TPSA) is 12.0 Å². The number of fused-ring (bicyclic) bond motifs is 2. The van der Waals surface area contributed by atoms with Crippen LogP contribution in [-0.2, 0) is 12.0 Å². The fraction of sp³-hybridized carbons (Fsp3) is 0.714. The van der Waals surface area contributed by atoms with Crippen LogP contribution in [0.2, 0.25) is 0 Å². The van der Waals surface area contributed by atoms with E-state index in [2.05, 4.69) is 30.6 Å². The molecule has 2 heteroatoms. The second kappa shape index (κ2) is 3.85. The Balaban J connectivity index is 2.04. The minimum atomic E-state index is 0.319. The van der Waals surface area contributed by atoms with Crippen molar-refractivity contribution in [3.05, 3.63) is 21.9 Å². The maximum absolute atomic E-state index is 3.87. The zero-order valence-electron chi connectivity index (χ0n) is 10.3. The van der Waals surface area contributed by atoms with E-state index in [1.54, 1.807) is 10.4 Å². The van der Waals surface area contributed by atoms with Gasteiger partial charge in [0.2, 0.25) is 0 Å². The summed E-state index contributed by atoms with van der Waals surface area (Å²) in [5, 5.41) is 6.15. The van der Waals surface area contributed by atoms with Gasteiger partial charge in [-0.05, 0) is 48.1 Å². The molecule has 0 bridgehead atoms. The molecule has 3 unspecified atom stereocenters. The number of thiophene rings is 1. The van der Waals surface area contributed by atoms with E-state index in [-0.39, 0.29) is 0 Å². The van der Waals surface area contributed by atoms with Crippen LogP contribution >= 0.6 is 11.3 Å². The van der Waals surface area contributed by atoms with Crippen molar-refractivity contribution in [1.82, 2.24) is 5.32 Å². The first-order valence-electron chi connectivity index (χ1n) is 6.54. The standard InChI is InChI=1S/C14H21NS/c1-10-3-4-11(2)14(9-10)13-12(5-7-15-14)6-8-16-13/h6,8,10-11,15H,3-5,7,9H2,1-2H3. The van der Waals surface area contributed by atoms with E-state index in [0.717, 1.165) is 11.8 Å². The van der Waals surface area contributed by atoms with Crippen molar-refractivity contribution >= 4 is 11.3 Å². The molecule has 1 saturated carbocycles. The lowest BCUT2D eigenvalue weighted by atomic mass is 9.67. The predicted molar refractivity (Wildman–Crippen MR) is 69.9 cm³/mol. The van der Waals surface area contributed by atoms with Crippen LogP contribution in [0.15, 0.2) is 11.4 Å². The van der Waals surface area contributed by atoms with Gasteiger partial charge in [0.05, 0.1) is 5.54 Å². The van der Waals surface area contributed by atoms with E-state index < -0.39 is 0 Å². The monoisotopic (exact) mass is 235 g/mol. The lowest BCUT2D eigenvalue weighted by molar-refractivity contribution is 0.115. The molecule has 0 saturated heterocycles. The Kier molecular flexibility index (Phi) is 2.60. The summed E-state index contributed by atoms with van der Waals surface area (Å²) >= 11 is 1.97. The van der Waals surface area contributed by atoms with Crippen molar-refractivity contribution in [2.24, 2.45) is 11.8 Å². The van der Waals surface area contributed by atoms with E-state index >= 15 is 0 Å². The average molecular weight is 235 g/mol. The molecular formula is C14H21NS. The van der Waals surface area contributed by atoms with Crippen LogP contribution in [0.3, 0.4) is 0 Å². The van der Waals surface area contributed by atoms with Gasteiger partial charge in [-0.1, -0.05) is 20.3 Å². The molecule has 2 aliphatic rings. The maximum Gasteiger partial charge on any atom is 0.0560 e. The molecule has 3 atom stereocenters. The molecule has 0 amide bonds. The molecule has 1 fully saturated rings. The van der Waals surface area contributed by atoms with Crippen LogP contribution in [-0.4, -0.2) is 6.54 Å². The van der Waals surface area contributed by atoms with Gasteiger partial charge < -0.3 is 5.32 Å². The first-order chi connectivity index (χ1) is 7.72. The highest BCUT2D eigenvalue weighted by Gasteiger charge is 2.45. The molecule has 1 aliphatic carbocycles. The highest BCUT2D eigenvalue weighted by atomic mass is 32.1. The Bertz CT molecular complexity index is 384. The van der Waals surface area contributed by atoms with Crippen LogP contribution in [0, 0.1) is 11.8 Å². The van der Waals surface area contributed by atoms with Crippen molar-refractivity contribution in [2.45, 2.75) is 45.1 Å². The molecule has 16 heavy (non-hydrogen) atoms. The summed E-state index contributed by atoms with van der Waals surface area (Å²) in [6.45, 7) is 6.02. The van der Waals surface area contributed by atoms with Gasteiger partial charge in [0.25, 0.3) is 0 Å². The Morgan fingerprint density at radius 1 is 1.38 bits per heavy atom. The summed E-state index contributed by atoms with van der Waals surface area (Å²) in [6.07, 6.45) is 5.35. The van der Waals surface area contributed by atoms with Crippen molar-refractivity contribution in [2.75, 3.05) is 6.54 Å². The summed E-state index contributed by atoms with van der Waals surface area (Å²) in [5.74, 6) is 1.66. The van der Waals surface area contributed by atoms with E-state index in [9.17, 15) is 0 Å². The minimum Gasteiger partial charge on any atom is -0.306 e. The third kappa shape index (κ3) is 1.46. The third-order valence-electron chi connectivity index (χ3n) is 4.59. The highest BCUT2D eigenvalue weighted by molar-refractivity contribution is 7.10. The van der Waals surface area contributed by atoms with E-state index in [1.165, 1.54) is 32.2 Å². The van der Waals surface area contributed by atoms with Crippen molar-refractivity contribution < 1.29 is 0 Å². The molecular weight excluding hydrogens is 214 g/mol. The molecule has 1 spiro atoms. The summed E-state index contributed by atoms with van der Waals surface area (Å²) in [4.78, 5) is 1.65. The van der Waals surface area contributed by atoms with Gasteiger partial charge >= 0.3 is 0 Å². The van der Waals surface area contributed by atoms with Gasteiger partial charge in [-0.3, -0.25) is 0 Å². The van der Waals surface area contributed by atoms with Gasteiger partial charge in [-0.15, -0.1) is 11.3 Å². The summed E-state index contributed by atoms with van der Waals surface area (Å²) in [7, 11) is 0. The average Bonchev–Trinajstić information content (AvgIpc) is 2.74. The molecule has 0 radical (unpaired) electrons. The van der Waals surface area contributed by atoms with E-state index in [4.69, 9.17) is 0 Å². The molecule has 1 aliphatic heterocycles. The zero-order chi connectivity index (χ0) is 11.2. The number of rotatable bonds is 0. The lowest BCUT2D eigenvalue weighted by Gasteiger charge is -2.48.